The summed E-state index contributed by atoms with van der Waals surface area (Å²) in [6.45, 7) is 5.11. The Morgan fingerprint density at radius 2 is 1.50 bits per heavy atom. The van der Waals surface area contributed by atoms with Crippen LogP contribution in [-0.4, -0.2) is 18.4 Å². The summed E-state index contributed by atoms with van der Waals surface area (Å²) in [5, 5.41) is 5.75. The lowest BCUT2D eigenvalue weighted by atomic mass is 10.1. The standard InChI is InChI=1S/C25H26N2O3/c1-18(2)17-30-23-11-7-6-10-22(23)25(29)27-21-14-12-20(13-15-21)24(28)26-16-19-8-4-3-5-9-19/h3-15,18H,16-17H2,1-2H3,(H,26,28)(H,27,29). The number of hydrogen-bond donors (Lipinski definition) is 2. The summed E-state index contributed by atoms with van der Waals surface area (Å²) in [4.78, 5) is 25.0. The molecule has 154 valence electrons. The molecule has 2 amide bonds. The predicted octanol–water partition coefficient (Wildman–Crippen LogP) is 4.90. The second-order valence-electron chi connectivity index (χ2n) is 7.40. The van der Waals surface area contributed by atoms with Crippen LogP contribution in [0.3, 0.4) is 0 Å². The average molecular weight is 402 g/mol. The molecule has 0 aromatic heterocycles. The molecule has 0 saturated heterocycles. The van der Waals surface area contributed by atoms with Crippen LogP contribution in [0.2, 0.25) is 0 Å². The van der Waals surface area contributed by atoms with Gasteiger partial charge in [-0.2, -0.15) is 0 Å². The van der Waals surface area contributed by atoms with Gasteiger partial charge in [0, 0.05) is 17.8 Å². The van der Waals surface area contributed by atoms with Gasteiger partial charge in [-0.3, -0.25) is 9.59 Å². The molecule has 5 nitrogen and oxygen atoms in total. The molecule has 0 aliphatic heterocycles. The number of nitrogens with one attached hydrogen (secondary N) is 2. The predicted molar refractivity (Wildman–Crippen MR) is 119 cm³/mol. The number of ether oxygens (including phenoxy) is 1. The van der Waals surface area contributed by atoms with Crippen molar-refractivity contribution in [1.29, 1.82) is 0 Å². The smallest absolute Gasteiger partial charge is 0.259 e. The van der Waals surface area contributed by atoms with E-state index in [2.05, 4.69) is 24.5 Å². The van der Waals surface area contributed by atoms with Crippen molar-refractivity contribution in [3.05, 3.63) is 95.6 Å². The highest BCUT2D eigenvalue weighted by Gasteiger charge is 2.13. The Balaban J connectivity index is 1.60. The van der Waals surface area contributed by atoms with Gasteiger partial charge in [-0.25, -0.2) is 0 Å². The third-order valence-corrected chi connectivity index (χ3v) is 4.40. The zero-order chi connectivity index (χ0) is 21.3. The highest BCUT2D eigenvalue weighted by molar-refractivity contribution is 6.06. The lowest BCUT2D eigenvalue weighted by molar-refractivity contribution is 0.0950. The van der Waals surface area contributed by atoms with E-state index < -0.39 is 0 Å². The van der Waals surface area contributed by atoms with Crippen LogP contribution in [0.4, 0.5) is 5.69 Å². The Kier molecular flexibility index (Phi) is 7.22. The molecule has 0 aliphatic rings. The monoisotopic (exact) mass is 402 g/mol. The fourth-order valence-electron chi connectivity index (χ4n) is 2.82. The van der Waals surface area contributed by atoms with Gasteiger partial charge in [0.25, 0.3) is 11.8 Å². The molecule has 0 bridgehead atoms. The Labute approximate surface area is 177 Å². The first-order valence-electron chi connectivity index (χ1n) is 9.98. The normalized spacial score (nSPS) is 10.5. The maximum Gasteiger partial charge on any atom is 0.259 e. The van der Waals surface area contributed by atoms with Crippen LogP contribution in [0.15, 0.2) is 78.9 Å². The van der Waals surface area contributed by atoms with Crippen molar-refractivity contribution >= 4 is 17.5 Å². The molecule has 5 heteroatoms. The van der Waals surface area contributed by atoms with Crippen LogP contribution in [-0.2, 0) is 6.54 Å². The minimum atomic E-state index is -0.254. The fourth-order valence-corrected chi connectivity index (χ4v) is 2.82. The number of para-hydroxylation sites is 1. The van der Waals surface area contributed by atoms with Crippen molar-refractivity contribution in [1.82, 2.24) is 5.32 Å². The zero-order valence-electron chi connectivity index (χ0n) is 17.2. The molecule has 3 aromatic carbocycles. The van der Waals surface area contributed by atoms with E-state index in [1.165, 1.54) is 0 Å². The van der Waals surface area contributed by atoms with Crippen LogP contribution >= 0.6 is 0 Å². The van der Waals surface area contributed by atoms with Gasteiger partial charge in [0.1, 0.15) is 5.75 Å². The van der Waals surface area contributed by atoms with Gasteiger partial charge in [-0.1, -0.05) is 56.3 Å². The zero-order valence-corrected chi connectivity index (χ0v) is 17.2. The molecule has 0 fully saturated rings. The van der Waals surface area contributed by atoms with Crippen LogP contribution in [0, 0.1) is 5.92 Å². The number of hydrogen-bond acceptors (Lipinski definition) is 3. The van der Waals surface area contributed by atoms with Crippen molar-refractivity contribution in [2.45, 2.75) is 20.4 Å². The summed E-state index contributed by atoms with van der Waals surface area (Å²) >= 11 is 0. The van der Waals surface area contributed by atoms with Crippen molar-refractivity contribution in [2.24, 2.45) is 5.92 Å². The van der Waals surface area contributed by atoms with Crippen LogP contribution in [0.25, 0.3) is 0 Å². The number of carbonyl (C=O) groups excluding carboxylic acids is 2. The van der Waals surface area contributed by atoms with Crippen LogP contribution in [0.1, 0.15) is 40.1 Å². The second kappa shape index (κ2) is 10.3. The molecule has 3 aromatic rings. The van der Waals surface area contributed by atoms with E-state index >= 15 is 0 Å². The third-order valence-electron chi connectivity index (χ3n) is 4.40. The third kappa shape index (κ3) is 5.95. The number of rotatable bonds is 8. The number of anilines is 1. The second-order valence-corrected chi connectivity index (χ2v) is 7.40. The van der Waals surface area contributed by atoms with Crippen LogP contribution < -0.4 is 15.4 Å². The first-order chi connectivity index (χ1) is 14.5. The Bertz CT molecular complexity index is 983. The van der Waals surface area contributed by atoms with E-state index in [1.54, 1.807) is 42.5 Å². The molecule has 0 unspecified atom stereocenters. The minimum Gasteiger partial charge on any atom is -0.492 e. The van der Waals surface area contributed by atoms with Crippen molar-refractivity contribution in [3.63, 3.8) is 0 Å². The Morgan fingerprint density at radius 1 is 0.833 bits per heavy atom. The van der Waals surface area contributed by atoms with Crippen molar-refractivity contribution in [2.75, 3.05) is 11.9 Å². The maximum atomic E-state index is 12.7. The van der Waals surface area contributed by atoms with Gasteiger partial charge in [-0.05, 0) is 47.9 Å². The van der Waals surface area contributed by atoms with Gasteiger partial charge >= 0.3 is 0 Å². The summed E-state index contributed by atoms with van der Waals surface area (Å²) in [6, 6.07) is 23.7. The van der Waals surface area contributed by atoms with E-state index in [9.17, 15) is 9.59 Å². The highest BCUT2D eigenvalue weighted by Crippen LogP contribution is 2.21. The van der Waals surface area contributed by atoms with E-state index in [4.69, 9.17) is 4.74 Å². The molecule has 2 N–H and O–H groups in total. The molecule has 0 atom stereocenters. The molecule has 0 saturated carbocycles. The quantitative estimate of drug-likeness (QED) is 0.563. The Hall–Kier alpha value is -3.60. The molecule has 3 rings (SSSR count). The molecule has 30 heavy (non-hydrogen) atoms. The summed E-state index contributed by atoms with van der Waals surface area (Å²) in [6.07, 6.45) is 0. The topological polar surface area (TPSA) is 67.4 Å². The first kappa shape index (κ1) is 21.1. The van der Waals surface area contributed by atoms with E-state index in [0.717, 1.165) is 5.56 Å². The summed E-state index contributed by atoms with van der Waals surface area (Å²) in [7, 11) is 0. The summed E-state index contributed by atoms with van der Waals surface area (Å²) < 4.78 is 5.76. The van der Waals surface area contributed by atoms with Gasteiger partial charge in [0.15, 0.2) is 0 Å². The Morgan fingerprint density at radius 3 is 2.20 bits per heavy atom. The molecular weight excluding hydrogens is 376 g/mol. The van der Waals surface area contributed by atoms with Gasteiger partial charge in [0.2, 0.25) is 0 Å². The van der Waals surface area contributed by atoms with Gasteiger partial charge in [-0.15, -0.1) is 0 Å². The SMILES string of the molecule is CC(C)COc1ccccc1C(=O)Nc1ccc(C(=O)NCc2ccccc2)cc1. The van der Waals surface area contributed by atoms with E-state index in [0.29, 0.717) is 41.6 Å². The average Bonchev–Trinajstić information content (AvgIpc) is 2.77. The lowest BCUT2D eigenvalue weighted by Crippen LogP contribution is -2.22. The van der Waals surface area contributed by atoms with Gasteiger partial charge in [0.05, 0.1) is 12.2 Å². The van der Waals surface area contributed by atoms with E-state index in [1.807, 2.05) is 36.4 Å². The minimum absolute atomic E-state index is 0.163. The van der Waals surface area contributed by atoms with Crippen molar-refractivity contribution < 1.29 is 14.3 Å². The number of benzene rings is 3. The molecule has 0 spiro atoms. The summed E-state index contributed by atoms with van der Waals surface area (Å²) in [5.74, 6) is 0.502. The number of amides is 2. The maximum absolute atomic E-state index is 12.7. The fraction of sp³-hybridized carbons (Fsp3) is 0.200. The van der Waals surface area contributed by atoms with Crippen molar-refractivity contribution in [3.8, 4) is 5.75 Å². The summed E-state index contributed by atoms with van der Waals surface area (Å²) in [5.41, 5.74) is 2.65. The lowest BCUT2D eigenvalue weighted by Gasteiger charge is -2.13. The number of carbonyl (C=O) groups is 2. The molecule has 0 heterocycles. The molecular formula is C25H26N2O3. The largest absolute Gasteiger partial charge is 0.492 e. The van der Waals surface area contributed by atoms with E-state index in [-0.39, 0.29) is 11.8 Å². The molecule has 0 radical (unpaired) electrons. The van der Waals surface area contributed by atoms with Gasteiger partial charge < -0.3 is 15.4 Å². The van der Waals surface area contributed by atoms with Crippen LogP contribution in [0.5, 0.6) is 5.75 Å². The highest BCUT2D eigenvalue weighted by atomic mass is 16.5. The molecule has 0 aliphatic carbocycles. The first-order valence-corrected chi connectivity index (χ1v) is 9.98.